The van der Waals surface area contributed by atoms with Crippen LogP contribution in [0.3, 0.4) is 0 Å². The minimum Gasteiger partial charge on any atom is -0.324 e. The van der Waals surface area contributed by atoms with Crippen LogP contribution in [0, 0.1) is 0 Å². The van der Waals surface area contributed by atoms with E-state index in [0.717, 1.165) is 37.3 Å². The summed E-state index contributed by atoms with van der Waals surface area (Å²) in [5.74, 6) is -0.567. The fourth-order valence-electron chi connectivity index (χ4n) is 4.59. The molecule has 1 aliphatic carbocycles. The molecule has 0 spiro atoms. The summed E-state index contributed by atoms with van der Waals surface area (Å²) < 4.78 is 67.4. The Morgan fingerprint density at radius 1 is 0.971 bits per heavy atom. The first kappa shape index (κ1) is 24.7. The van der Waals surface area contributed by atoms with Gasteiger partial charge in [0.25, 0.3) is 0 Å². The average molecular weight is 496 g/mol. The van der Waals surface area contributed by atoms with Gasteiger partial charge in [-0.05, 0) is 68.0 Å². The number of benzene rings is 2. The van der Waals surface area contributed by atoms with Crippen molar-refractivity contribution in [1.29, 1.82) is 0 Å². The molecule has 6 nitrogen and oxygen atoms in total. The Balaban J connectivity index is 1.39. The number of nitrogens with one attached hydrogen (secondary N) is 1. The highest BCUT2D eigenvalue weighted by molar-refractivity contribution is 7.89. The van der Waals surface area contributed by atoms with E-state index in [4.69, 9.17) is 0 Å². The van der Waals surface area contributed by atoms with Gasteiger partial charge < -0.3 is 5.32 Å². The van der Waals surface area contributed by atoms with Gasteiger partial charge in [-0.15, -0.1) is 0 Å². The number of para-hydroxylation sites is 1. The molecule has 0 saturated carbocycles. The lowest BCUT2D eigenvalue weighted by Gasteiger charge is -2.37. The van der Waals surface area contributed by atoms with Crippen molar-refractivity contribution in [3.8, 4) is 0 Å². The average Bonchev–Trinajstić information content (AvgIpc) is 2.83. The molecule has 1 fully saturated rings. The number of nitrogens with zero attached hydrogens (tertiary/aromatic N) is 2. The first-order valence-corrected chi connectivity index (χ1v) is 12.8. The molecular weight excluding hydrogens is 467 g/mol. The highest BCUT2D eigenvalue weighted by Gasteiger charge is 2.35. The molecule has 34 heavy (non-hydrogen) atoms. The third kappa shape index (κ3) is 5.13. The first-order chi connectivity index (χ1) is 16.1. The van der Waals surface area contributed by atoms with Crippen molar-refractivity contribution in [3.63, 3.8) is 0 Å². The Bertz CT molecular complexity index is 1160. The molecule has 10 heteroatoms. The summed E-state index contributed by atoms with van der Waals surface area (Å²) in [5, 5.41) is 2.38. The van der Waals surface area contributed by atoms with Crippen molar-refractivity contribution in [2.45, 2.75) is 49.7 Å². The summed E-state index contributed by atoms with van der Waals surface area (Å²) in [4.78, 5) is 14.7. The molecule has 4 rings (SSSR count). The maximum atomic E-state index is 13.2. The van der Waals surface area contributed by atoms with Gasteiger partial charge in [0.05, 0.1) is 22.2 Å². The predicted octanol–water partition coefficient (Wildman–Crippen LogP) is 3.92. The first-order valence-electron chi connectivity index (χ1n) is 11.4. The smallest absolute Gasteiger partial charge is 0.324 e. The Hall–Kier alpha value is -2.43. The summed E-state index contributed by atoms with van der Waals surface area (Å²) in [6.07, 6.45) is -0.542. The normalized spacial score (nSPS) is 18.8. The van der Waals surface area contributed by atoms with Gasteiger partial charge in [0.15, 0.2) is 0 Å². The second-order valence-corrected chi connectivity index (χ2v) is 10.7. The number of piperazine rings is 1. The lowest BCUT2D eigenvalue weighted by Crippen LogP contribution is -2.54. The van der Waals surface area contributed by atoms with E-state index in [1.54, 1.807) is 24.0 Å². The van der Waals surface area contributed by atoms with Crippen LogP contribution < -0.4 is 5.32 Å². The van der Waals surface area contributed by atoms with Gasteiger partial charge in [-0.3, -0.25) is 9.69 Å². The number of aryl methyl sites for hydroxylation is 2. The van der Waals surface area contributed by atoms with E-state index in [9.17, 15) is 26.4 Å². The van der Waals surface area contributed by atoms with E-state index in [-0.39, 0.29) is 23.7 Å². The second kappa shape index (κ2) is 9.67. The quantitative estimate of drug-likeness (QED) is 0.683. The molecule has 2 aliphatic rings. The van der Waals surface area contributed by atoms with Crippen molar-refractivity contribution in [2.24, 2.45) is 0 Å². The van der Waals surface area contributed by atoms with Gasteiger partial charge >= 0.3 is 6.18 Å². The van der Waals surface area contributed by atoms with Gasteiger partial charge in [0.1, 0.15) is 0 Å². The Morgan fingerprint density at radius 3 is 2.29 bits per heavy atom. The summed E-state index contributed by atoms with van der Waals surface area (Å²) >= 11 is 0. The molecule has 1 aliphatic heterocycles. The van der Waals surface area contributed by atoms with Gasteiger partial charge in [0.2, 0.25) is 15.9 Å². The molecule has 2 aromatic rings. The minimum absolute atomic E-state index is 0.205. The van der Waals surface area contributed by atoms with Crippen LogP contribution in [0.2, 0.25) is 0 Å². The highest BCUT2D eigenvalue weighted by Crippen LogP contribution is 2.34. The van der Waals surface area contributed by atoms with E-state index in [2.05, 4.69) is 5.32 Å². The van der Waals surface area contributed by atoms with Gasteiger partial charge in [-0.25, -0.2) is 8.42 Å². The van der Waals surface area contributed by atoms with Crippen LogP contribution >= 0.6 is 0 Å². The number of amides is 1. The van der Waals surface area contributed by atoms with E-state index in [1.165, 1.54) is 28.1 Å². The lowest BCUT2D eigenvalue weighted by atomic mass is 9.92. The van der Waals surface area contributed by atoms with Gasteiger partial charge in [-0.2, -0.15) is 17.5 Å². The number of carbonyl (C=O) groups excluding carboxylic acids is 1. The monoisotopic (exact) mass is 495 g/mol. The zero-order valence-electron chi connectivity index (χ0n) is 18.9. The van der Waals surface area contributed by atoms with Crippen molar-refractivity contribution >= 4 is 21.6 Å². The maximum absolute atomic E-state index is 13.2. The van der Waals surface area contributed by atoms with Crippen LogP contribution in [0.25, 0.3) is 0 Å². The maximum Gasteiger partial charge on any atom is 0.418 e. The molecule has 1 atom stereocenters. The van der Waals surface area contributed by atoms with Crippen LogP contribution in [0.4, 0.5) is 18.9 Å². The number of hydrogen-bond acceptors (Lipinski definition) is 4. The van der Waals surface area contributed by atoms with Crippen LogP contribution in [-0.2, 0) is 33.8 Å². The number of alkyl halides is 3. The number of carbonyl (C=O) groups is 1. The number of rotatable bonds is 5. The van der Waals surface area contributed by atoms with Crippen molar-refractivity contribution in [1.82, 2.24) is 9.21 Å². The molecule has 0 bridgehead atoms. The van der Waals surface area contributed by atoms with Crippen molar-refractivity contribution in [2.75, 3.05) is 31.5 Å². The third-order valence-corrected chi connectivity index (χ3v) is 8.54. The number of halogens is 3. The summed E-state index contributed by atoms with van der Waals surface area (Å²) in [7, 11) is -3.65. The van der Waals surface area contributed by atoms with Crippen LogP contribution in [0.1, 0.15) is 36.5 Å². The van der Waals surface area contributed by atoms with Crippen molar-refractivity contribution < 1.29 is 26.4 Å². The standard InChI is InChI=1S/C24H28F3N3O3S/c1-17(23(31)28-22-9-5-4-8-21(22)24(25,26)27)29-12-14-30(15-13-29)34(32,33)20-11-10-18-6-2-3-7-19(18)16-20/h4-5,8-11,16-17H,2-3,6-7,12-15H2,1H3,(H,28,31). The van der Waals surface area contributed by atoms with Crippen LogP contribution in [0.15, 0.2) is 47.4 Å². The van der Waals surface area contributed by atoms with Gasteiger partial charge in [0, 0.05) is 26.2 Å². The number of hydrogen-bond donors (Lipinski definition) is 1. The zero-order chi connectivity index (χ0) is 24.5. The fraction of sp³-hybridized carbons (Fsp3) is 0.458. The highest BCUT2D eigenvalue weighted by atomic mass is 32.2. The van der Waals surface area contributed by atoms with Crippen LogP contribution in [0.5, 0.6) is 0 Å². The van der Waals surface area contributed by atoms with Crippen LogP contribution in [-0.4, -0.2) is 55.8 Å². The summed E-state index contributed by atoms with van der Waals surface area (Å²) in [6, 6.07) is 9.48. The minimum atomic E-state index is -4.58. The molecule has 0 radical (unpaired) electrons. The Morgan fingerprint density at radius 2 is 1.62 bits per heavy atom. The molecule has 1 saturated heterocycles. The van der Waals surface area contributed by atoms with Gasteiger partial charge in [-0.1, -0.05) is 18.2 Å². The van der Waals surface area contributed by atoms with Crippen molar-refractivity contribution in [3.05, 3.63) is 59.2 Å². The number of anilines is 1. The third-order valence-electron chi connectivity index (χ3n) is 6.65. The molecule has 1 unspecified atom stereocenters. The molecule has 2 aromatic carbocycles. The molecule has 1 amide bonds. The fourth-order valence-corrected chi connectivity index (χ4v) is 6.07. The lowest BCUT2D eigenvalue weighted by molar-refractivity contribution is -0.137. The van der Waals surface area contributed by atoms with E-state index >= 15 is 0 Å². The molecule has 184 valence electrons. The largest absolute Gasteiger partial charge is 0.418 e. The number of sulfonamides is 1. The Labute approximate surface area is 197 Å². The van der Waals surface area contributed by atoms with E-state index in [0.29, 0.717) is 13.1 Å². The van der Waals surface area contributed by atoms with E-state index in [1.807, 2.05) is 6.07 Å². The molecule has 1 heterocycles. The molecule has 0 aromatic heterocycles. The SMILES string of the molecule is CC(C(=O)Nc1ccccc1C(F)(F)F)N1CCN(S(=O)(=O)c2ccc3c(c2)CCCC3)CC1. The molecule has 1 N–H and O–H groups in total. The summed E-state index contributed by atoms with van der Waals surface area (Å²) in [5.41, 5.74) is 1.11. The zero-order valence-corrected chi connectivity index (χ0v) is 19.8. The predicted molar refractivity (Wildman–Crippen MR) is 123 cm³/mol. The topological polar surface area (TPSA) is 69.7 Å². The van der Waals surface area contributed by atoms with E-state index < -0.39 is 33.7 Å². The number of fused-ring (bicyclic) bond motifs is 1. The summed E-state index contributed by atoms with van der Waals surface area (Å²) in [6.45, 7) is 2.63. The second-order valence-electron chi connectivity index (χ2n) is 8.79. The molecular formula is C24H28F3N3O3S. The Kier molecular flexibility index (Phi) is 7.02.